The molecule has 0 atom stereocenters. The Morgan fingerprint density at radius 3 is 2.50 bits per heavy atom. The number of ether oxygens (including phenoxy) is 1. The Balaban J connectivity index is 1.37. The summed E-state index contributed by atoms with van der Waals surface area (Å²) in [6, 6.07) is 11.0. The van der Waals surface area contributed by atoms with Crippen LogP contribution in [0.3, 0.4) is 0 Å². The van der Waals surface area contributed by atoms with Crippen LogP contribution in [0.1, 0.15) is 22.3 Å². The van der Waals surface area contributed by atoms with E-state index in [4.69, 9.17) is 4.74 Å². The van der Waals surface area contributed by atoms with Crippen molar-refractivity contribution < 1.29 is 14.3 Å². The number of morpholine rings is 1. The first-order valence-corrected chi connectivity index (χ1v) is 9.99. The highest BCUT2D eigenvalue weighted by Crippen LogP contribution is 2.13. The normalized spacial score (nSPS) is 13.8. The minimum atomic E-state index is -0.191. The molecule has 1 aliphatic heterocycles. The second-order valence-corrected chi connectivity index (χ2v) is 7.33. The highest BCUT2D eigenvalue weighted by atomic mass is 79.9. The first-order chi connectivity index (χ1) is 13.6. The van der Waals surface area contributed by atoms with Gasteiger partial charge in [0, 0.05) is 48.8 Å². The Morgan fingerprint density at radius 1 is 1.07 bits per heavy atom. The maximum atomic E-state index is 12.0. The Labute approximate surface area is 172 Å². The number of anilines is 1. The van der Waals surface area contributed by atoms with E-state index in [-0.39, 0.29) is 24.8 Å². The molecule has 0 saturated carbocycles. The molecule has 1 aliphatic rings. The molecular weight excluding hydrogens is 424 g/mol. The van der Waals surface area contributed by atoms with Gasteiger partial charge in [-0.1, -0.05) is 22.0 Å². The molecular formula is C20H23BrN4O3. The van der Waals surface area contributed by atoms with Gasteiger partial charge in [0.15, 0.2) is 0 Å². The van der Waals surface area contributed by atoms with Crippen LogP contribution < -0.4 is 15.5 Å². The summed E-state index contributed by atoms with van der Waals surface area (Å²) < 4.78 is 6.25. The van der Waals surface area contributed by atoms with E-state index in [2.05, 4.69) is 36.4 Å². The third-order valence-corrected chi connectivity index (χ3v) is 4.91. The van der Waals surface area contributed by atoms with Gasteiger partial charge in [0.05, 0.1) is 13.2 Å². The van der Waals surface area contributed by atoms with Crippen molar-refractivity contribution in [1.82, 2.24) is 15.6 Å². The van der Waals surface area contributed by atoms with Crippen LogP contribution in [0, 0.1) is 0 Å². The zero-order chi connectivity index (χ0) is 19.8. The molecule has 2 amide bonds. The van der Waals surface area contributed by atoms with Crippen molar-refractivity contribution in [2.75, 3.05) is 37.7 Å². The van der Waals surface area contributed by atoms with Crippen LogP contribution in [0.4, 0.5) is 5.82 Å². The van der Waals surface area contributed by atoms with Crippen molar-refractivity contribution in [2.24, 2.45) is 0 Å². The van der Waals surface area contributed by atoms with Crippen LogP contribution in [0.15, 0.2) is 47.1 Å². The van der Waals surface area contributed by atoms with Gasteiger partial charge in [-0.05, 0) is 35.9 Å². The van der Waals surface area contributed by atoms with Gasteiger partial charge >= 0.3 is 0 Å². The Kier molecular flexibility index (Phi) is 7.39. The van der Waals surface area contributed by atoms with Crippen molar-refractivity contribution in [3.05, 3.63) is 58.2 Å². The number of pyridine rings is 1. The lowest BCUT2D eigenvalue weighted by atomic mass is 10.2. The average molecular weight is 447 g/mol. The summed E-state index contributed by atoms with van der Waals surface area (Å²) >= 11 is 3.33. The van der Waals surface area contributed by atoms with Crippen molar-refractivity contribution >= 4 is 33.6 Å². The fourth-order valence-electron chi connectivity index (χ4n) is 2.78. The Hall–Kier alpha value is -2.45. The second-order valence-electron chi connectivity index (χ2n) is 6.41. The number of carbonyl (C=O) groups excluding carboxylic acids is 2. The summed E-state index contributed by atoms with van der Waals surface area (Å²) in [4.78, 5) is 30.6. The maximum Gasteiger partial charge on any atom is 0.251 e. The Morgan fingerprint density at radius 2 is 1.82 bits per heavy atom. The molecule has 3 rings (SSSR count). The van der Waals surface area contributed by atoms with E-state index in [0.29, 0.717) is 12.1 Å². The van der Waals surface area contributed by atoms with Crippen LogP contribution in [-0.4, -0.2) is 49.6 Å². The molecule has 0 unspecified atom stereocenters. The summed E-state index contributed by atoms with van der Waals surface area (Å²) in [6.07, 6.45) is 2.00. The van der Waals surface area contributed by atoms with E-state index in [9.17, 15) is 9.59 Å². The van der Waals surface area contributed by atoms with Crippen LogP contribution in [0.5, 0.6) is 0 Å². The summed E-state index contributed by atoms with van der Waals surface area (Å²) in [7, 11) is 0. The van der Waals surface area contributed by atoms with Gasteiger partial charge in [0.25, 0.3) is 5.91 Å². The molecule has 2 aromatic rings. The highest BCUT2D eigenvalue weighted by molar-refractivity contribution is 9.10. The summed E-state index contributed by atoms with van der Waals surface area (Å²) in [5.74, 6) is 0.616. The fourth-order valence-corrected chi connectivity index (χ4v) is 3.05. The lowest BCUT2D eigenvalue weighted by Crippen LogP contribution is -2.36. The quantitative estimate of drug-likeness (QED) is 0.680. The molecule has 7 nitrogen and oxygen atoms in total. The molecule has 0 radical (unpaired) electrons. The van der Waals surface area contributed by atoms with Gasteiger partial charge in [-0.25, -0.2) is 4.98 Å². The predicted molar refractivity (Wildman–Crippen MR) is 110 cm³/mol. The van der Waals surface area contributed by atoms with E-state index in [1.54, 1.807) is 30.5 Å². The fraction of sp³-hybridized carbons (Fsp3) is 0.350. The van der Waals surface area contributed by atoms with E-state index in [0.717, 1.165) is 42.2 Å². The lowest BCUT2D eigenvalue weighted by Gasteiger charge is -2.27. The van der Waals surface area contributed by atoms with Crippen molar-refractivity contribution in [2.45, 2.75) is 13.0 Å². The number of nitrogens with one attached hydrogen (secondary N) is 2. The molecule has 0 spiro atoms. The van der Waals surface area contributed by atoms with Crippen molar-refractivity contribution in [1.29, 1.82) is 0 Å². The molecule has 2 heterocycles. The number of nitrogens with zero attached hydrogens (tertiary/aromatic N) is 2. The number of aromatic nitrogens is 1. The third-order valence-electron chi connectivity index (χ3n) is 4.38. The van der Waals surface area contributed by atoms with Crippen LogP contribution in [0.2, 0.25) is 0 Å². The second kappa shape index (κ2) is 10.2. The van der Waals surface area contributed by atoms with Gasteiger partial charge in [-0.3, -0.25) is 9.59 Å². The molecule has 1 aromatic heterocycles. The zero-order valence-electron chi connectivity index (χ0n) is 15.5. The minimum absolute atomic E-state index is 0.117. The highest BCUT2D eigenvalue weighted by Gasteiger charge is 2.12. The lowest BCUT2D eigenvalue weighted by molar-refractivity contribution is -0.121. The largest absolute Gasteiger partial charge is 0.378 e. The maximum absolute atomic E-state index is 12.0. The van der Waals surface area contributed by atoms with Gasteiger partial charge in [-0.2, -0.15) is 0 Å². The number of benzene rings is 1. The molecule has 2 N–H and O–H groups in total. The zero-order valence-corrected chi connectivity index (χ0v) is 17.1. The van der Waals surface area contributed by atoms with Crippen LogP contribution in [0.25, 0.3) is 0 Å². The number of carbonyl (C=O) groups is 2. The van der Waals surface area contributed by atoms with Gasteiger partial charge in [0.1, 0.15) is 5.82 Å². The average Bonchev–Trinajstić information content (AvgIpc) is 2.73. The monoisotopic (exact) mass is 446 g/mol. The standard InChI is InChI=1S/C20H23BrN4O3/c21-17-4-2-16(3-5-17)20(27)22-8-7-19(26)24-14-15-1-6-18(23-13-15)25-9-11-28-12-10-25/h1-6,13H,7-12,14H2,(H,22,27)(H,24,26). The van der Waals surface area contributed by atoms with E-state index in [1.807, 2.05) is 12.1 Å². The Bertz CT molecular complexity index is 790. The molecule has 148 valence electrons. The predicted octanol–water partition coefficient (Wildman–Crippen LogP) is 2.12. The SMILES string of the molecule is O=C(CCNC(=O)c1ccc(Br)cc1)NCc1ccc(N2CCOCC2)nc1. The van der Waals surface area contributed by atoms with Crippen LogP contribution in [-0.2, 0) is 16.1 Å². The van der Waals surface area contributed by atoms with Gasteiger partial charge < -0.3 is 20.3 Å². The smallest absolute Gasteiger partial charge is 0.251 e. The molecule has 8 heteroatoms. The van der Waals surface area contributed by atoms with Gasteiger partial charge in [0.2, 0.25) is 5.91 Å². The number of rotatable bonds is 7. The third kappa shape index (κ3) is 6.03. The van der Waals surface area contributed by atoms with E-state index < -0.39 is 0 Å². The van der Waals surface area contributed by atoms with Crippen molar-refractivity contribution in [3.8, 4) is 0 Å². The molecule has 0 bridgehead atoms. The van der Waals surface area contributed by atoms with E-state index in [1.165, 1.54) is 0 Å². The van der Waals surface area contributed by atoms with Crippen molar-refractivity contribution in [3.63, 3.8) is 0 Å². The summed E-state index contributed by atoms with van der Waals surface area (Å²) in [6.45, 7) is 3.82. The number of halogens is 1. The van der Waals surface area contributed by atoms with Gasteiger partial charge in [-0.15, -0.1) is 0 Å². The molecule has 0 aliphatic carbocycles. The van der Waals surface area contributed by atoms with Crippen LogP contribution >= 0.6 is 15.9 Å². The summed E-state index contributed by atoms with van der Waals surface area (Å²) in [5.41, 5.74) is 1.50. The first kappa shape index (κ1) is 20.3. The summed E-state index contributed by atoms with van der Waals surface area (Å²) in [5, 5.41) is 5.60. The van der Waals surface area contributed by atoms with E-state index >= 15 is 0 Å². The topological polar surface area (TPSA) is 83.6 Å². The number of hydrogen-bond donors (Lipinski definition) is 2. The molecule has 1 aromatic carbocycles. The molecule has 28 heavy (non-hydrogen) atoms. The molecule has 1 fully saturated rings. The first-order valence-electron chi connectivity index (χ1n) is 9.20. The number of hydrogen-bond acceptors (Lipinski definition) is 5. The minimum Gasteiger partial charge on any atom is -0.378 e. The molecule has 1 saturated heterocycles. The number of amides is 2.